The number of aliphatic carboxylic acids is 1. The summed E-state index contributed by atoms with van der Waals surface area (Å²) in [6.45, 7) is 6.31. The second-order valence-corrected chi connectivity index (χ2v) is 5.01. The lowest BCUT2D eigenvalue weighted by molar-refractivity contribution is -0.131. The van der Waals surface area contributed by atoms with Crippen LogP contribution in [0.4, 0.5) is 0 Å². The molecule has 2 nitrogen and oxygen atoms in total. The summed E-state index contributed by atoms with van der Waals surface area (Å²) in [5.74, 6) is -0.116. The lowest BCUT2D eigenvalue weighted by Gasteiger charge is -2.15. The minimum atomic E-state index is -0.875. The quantitative estimate of drug-likeness (QED) is 0.666. The van der Waals surface area contributed by atoms with E-state index in [1.807, 2.05) is 0 Å². The number of carboxylic acid groups (broad SMARTS) is 1. The molecule has 0 aromatic heterocycles. The molecule has 64 valence electrons. The van der Waals surface area contributed by atoms with Crippen LogP contribution in [0.15, 0.2) is 12.2 Å². The van der Waals surface area contributed by atoms with Crippen LogP contribution in [0.5, 0.6) is 0 Å². The van der Waals surface area contributed by atoms with Gasteiger partial charge in [0, 0.05) is 16.6 Å². The van der Waals surface area contributed by atoms with Crippen LogP contribution < -0.4 is 0 Å². The Morgan fingerprint density at radius 3 is 2.45 bits per heavy atom. The van der Waals surface area contributed by atoms with Gasteiger partial charge in [-0.2, -0.15) is 11.8 Å². The van der Waals surface area contributed by atoms with Crippen LogP contribution in [0, 0.1) is 0 Å². The van der Waals surface area contributed by atoms with E-state index in [9.17, 15) is 4.79 Å². The van der Waals surface area contributed by atoms with Crippen LogP contribution in [-0.2, 0) is 4.79 Å². The maximum Gasteiger partial charge on any atom is 0.328 e. The van der Waals surface area contributed by atoms with Crippen molar-refractivity contribution in [1.82, 2.24) is 0 Å². The van der Waals surface area contributed by atoms with Crippen molar-refractivity contribution in [2.45, 2.75) is 25.5 Å². The normalized spacial score (nSPS) is 12.3. The number of hydrogen-bond acceptors (Lipinski definition) is 2. The Balaban J connectivity index is 3.50. The zero-order chi connectivity index (χ0) is 8.91. The minimum absolute atomic E-state index is 0.211. The summed E-state index contributed by atoms with van der Waals surface area (Å²) in [5.41, 5.74) is 0. The maximum atomic E-state index is 10.0. The largest absolute Gasteiger partial charge is 0.478 e. The Kier molecular flexibility index (Phi) is 4.26. The Labute approximate surface area is 71.7 Å². The van der Waals surface area contributed by atoms with E-state index in [-0.39, 0.29) is 4.75 Å². The molecule has 0 saturated carbocycles. The molecule has 0 aromatic rings. The van der Waals surface area contributed by atoms with Gasteiger partial charge in [-0.05, 0) is 0 Å². The molecule has 11 heavy (non-hydrogen) atoms. The van der Waals surface area contributed by atoms with Gasteiger partial charge in [-0.1, -0.05) is 26.8 Å². The van der Waals surface area contributed by atoms with Gasteiger partial charge in [-0.25, -0.2) is 4.79 Å². The van der Waals surface area contributed by atoms with Gasteiger partial charge in [-0.15, -0.1) is 0 Å². The molecule has 0 rings (SSSR count). The third-order valence-corrected chi connectivity index (χ3v) is 2.10. The van der Waals surface area contributed by atoms with Gasteiger partial charge < -0.3 is 5.11 Å². The third kappa shape index (κ3) is 9.56. The van der Waals surface area contributed by atoms with Crippen molar-refractivity contribution in [3.63, 3.8) is 0 Å². The molecule has 0 aliphatic carbocycles. The van der Waals surface area contributed by atoms with Crippen LogP contribution >= 0.6 is 11.8 Å². The molecular formula is C8H14O2S. The Hall–Kier alpha value is -0.440. The summed E-state index contributed by atoms with van der Waals surface area (Å²) in [6, 6.07) is 0. The fourth-order valence-corrected chi connectivity index (χ4v) is 1.14. The van der Waals surface area contributed by atoms with Gasteiger partial charge in [0.05, 0.1) is 0 Å². The standard InChI is InChI=1S/C8H14O2S/c1-8(2,3)11-6-4-5-7(9)10/h4-5H,6H2,1-3H3,(H,9,10)/b5-4+. The van der Waals surface area contributed by atoms with Crippen molar-refractivity contribution in [2.75, 3.05) is 5.75 Å². The minimum Gasteiger partial charge on any atom is -0.478 e. The van der Waals surface area contributed by atoms with E-state index >= 15 is 0 Å². The highest BCUT2D eigenvalue weighted by Crippen LogP contribution is 2.22. The zero-order valence-corrected chi connectivity index (χ0v) is 7.94. The summed E-state index contributed by atoms with van der Waals surface area (Å²) >= 11 is 1.73. The molecule has 0 amide bonds. The summed E-state index contributed by atoms with van der Waals surface area (Å²) in [5, 5.41) is 8.25. The summed E-state index contributed by atoms with van der Waals surface area (Å²) < 4.78 is 0.211. The molecule has 3 heteroatoms. The van der Waals surface area contributed by atoms with E-state index in [2.05, 4.69) is 20.8 Å². The molecule has 0 atom stereocenters. The van der Waals surface area contributed by atoms with Crippen LogP contribution in [0.3, 0.4) is 0 Å². The van der Waals surface area contributed by atoms with Crippen molar-refractivity contribution in [2.24, 2.45) is 0 Å². The first-order valence-electron chi connectivity index (χ1n) is 3.45. The highest BCUT2D eigenvalue weighted by molar-refractivity contribution is 8.00. The van der Waals surface area contributed by atoms with Crippen molar-refractivity contribution in [1.29, 1.82) is 0 Å². The first kappa shape index (κ1) is 10.6. The number of carbonyl (C=O) groups is 1. The summed E-state index contributed by atoms with van der Waals surface area (Å²) in [7, 11) is 0. The second kappa shape index (κ2) is 4.44. The van der Waals surface area contributed by atoms with E-state index in [1.54, 1.807) is 17.8 Å². The highest BCUT2D eigenvalue weighted by atomic mass is 32.2. The smallest absolute Gasteiger partial charge is 0.328 e. The average molecular weight is 174 g/mol. The van der Waals surface area contributed by atoms with Crippen molar-refractivity contribution < 1.29 is 9.90 Å². The fourth-order valence-electron chi connectivity index (χ4n) is 0.447. The van der Waals surface area contributed by atoms with Crippen molar-refractivity contribution in [3.8, 4) is 0 Å². The van der Waals surface area contributed by atoms with Crippen LogP contribution in [0.1, 0.15) is 20.8 Å². The molecular weight excluding hydrogens is 160 g/mol. The Bertz CT molecular complexity index is 156. The number of hydrogen-bond donors (Lipinski definition) is 1. The summed E-state index contributed by atoms with van der Waals surface area (Å²) in [6.07, 6.45) is 2.84. The predicted molar refractivity (Wildman–Crippen MR) is 49.0 cm³/mol. The molecule has 0 spiro atoms. The molecule has 0 aromatic carbocycles. The first-order valence-corrected chi connectivity index (χ1v) is 4.44. The van der Waals surface area contributed by atoms with E-state index < -0.39 is 5.97 Å². The van der Waals surface area contributed by atoms with Crippen molar-refractivity contribution >= 4 is 17.7 Å². The Morgan fingerprint density at radius 1 is 1.55 bits per heavy atom. The van der Waals surface area contributed by atoms with Gasteiger partial charge in [-0.3, -0.25) is 0 Å². The second-order valence-electron chi connectivity index (χ2n) is 3.16. The third-order valence-electron chi connectivity index (χ3n) is 0.873. The van der Waals surface area contributed by atoms with Crippen LogP contribution in [0.25, 0.3) is 0 Å². The maximum absolute atomic E-state index is 10.0. The molecule has 0 aliphatic rings. The summed E-state index contributed by atoms with van der Waals surface area (Å²) in [4.78, 5) is 10.0. The monoisotopic (exact) mass is 174 g/mol. The molecule has 0 bridgehead atoms. The zero-order valence-electron chi connectivity index (χ0n) is 7.13. The molecule has 0 radical (unpaired) electrons. The van der Waals surface area contributed by atoms with E-state index in [0.29, 0.717) is 0 Å². The predicted octanol–water partition coefficient (Wildman–Crippen LogP) is 2.16. The fraction of sp³-hybridized carbons (Fsp3) is 0.625. The Morgan fingerprint density at radius 2 is 2.09 bits per heavy atom. The van der Waals surface area contributed by atoms with Crippen molar-refractivity contribution in [3.05, 3.63) is 12.2 Å². The molecule has 0 fully saturated rings. The number of carboxylic acids is 1. The number of thioether (sulfide) groups is 1. The van der Waals surface area contributed by atoms with Crippen LogP contribution in [0.2, 0.25) is 0 Å². The highest BCUT2D eigenvalue weighted by Gasteiger charge is 2.07. The molecule has 1 N–H and O–H groups in total. The van der Waals surface area contributed by atoms with Gasteiger partial charge in [0.25, 0.3) is 0 Å². The van der Waals surface area contributed by atoms with Gasteiger partial charge in [0.1, 0.15) is 0 Å². The lowest BCUT2D eigenvalue weighted by Crippen LogP contribution is -2.07. The molecule has 0 saturated heterocycles. The number of rotatable bonds is 3. The van der Waals surface area contributed by atoms with Gasteiger partial charge in [0.15, 0.2) is 0 Å². The molecule has 0 aliphatic heterocycles. The molecule has 0 unspecified atom stereocenters. The average Bonchev–Trinajstić information content (AvgIpc) is 1.78. The topological polar surface area (TPSA) is 37.3 Å². The van der Waals surface area contributed by atoms with E-state index in [0.717, 1.165) is 5.75 Å². The molecule has 0 heterocycles. The van der Waals surface area contributed by atoms with E-state index in [4.69, 9.17) is 5.11 Å². The lowest BCUT2D eigenvalue weighted by atomic mass is 10.3. The van der Waals surface area contributed by atoms with Gasteiger partial charge in [0.2, 0.25) is 0 Å². The van der Waals surface area contributed by atoms with Gasteiger partial charge >= 0.3 is 5.97 Å². The van der Waals surface area contributed by atoms with Crippen LogP contribution in [-0.4, -0.2) is 21.6 Å². The first-order chi connectivity index (χ1) is 4.92. The van der Waals surface area contributed by atoms with E-state index in [1.165, 1.54) is 6.08 Å². The SMILES string of the molecule is CC(C)(C)SC/C=C/C(=O)O.